The first-order chi connectivity index (χ1) is 63.9. The van der Waals surface area contributed by atoms with Crippen LogP contribution in [0.15, 0.2) is 67.3 Å². The molecule has 2 aromatic carbocycles. The van der Waals surface area contributed by atoms with Gasteiger partial charge in [0.1, 0.15) is 56.0 Å². The fourth-order valence-corrected chi connectivity index (χ4v) is 16.0. The number of imidazole rings is 1. The molecule has 3 aliphatic rings. The first kappa shape index (κ1) is 110. The summed E-state index contributed by atoms with van der Waals surface area (Å²) >= 11 is 0. The minimum Gasteiger partial charge on any atom is -0.495 e. The third-order valence-electron chi connectivity index (χ3n) is 22.2. The van der Waals surface area contributed by atoms with Crippen molar-refractivity contribution in [2.45, 2.75) is 193 Å². The van der Waals surface area contributed by atoms with Crippen molar-refractivity contribution in [2.75, 3.05) is 174 Å². The summed E-state index contributed by atoms with van der Waals surface area (Å²) in [6, 6.07) is 9.89. The zero-order valence-electron chi connectivity index (χ0n) is 77.2. The smallest absolute Gasteiger partial charge is 0.469 e. The van der Waals surface area contributed by atoms with Crippen molar-refractivity contribution >= 4 is 107 Å². The maximum absolute atomic E-state index is 14.4. The molecule has 1 aliphatic carbocycles. The van der Waals surface area contributed by atoms with E-state index >= 15 is 0 Å². The monoisotopic (exact) mass is 1890 g/mol. The van der Waals surface area contributed by atoms with Gasteiger partial charge in [-0.15, -0.1) is 0 Å². The number of likely N-dealkylation sites (N-methyl/N-ethyl adjacent to an activating group) is 1. The van der Waals surface area contributed by atoms with Crippen LogP contribution in [-0.2, 0) is 124 Å². The number of primary amides is 1. The number of carbonyl (C=O) groups excluding carboxylic acids is 13. The molecule has 1 saturated heterocycles. The van der Waals surface area contributed by atoms with E-state index in [-0.39, 0.29) is 218 Å². The molecule has 738 valence electrons. The average Bonchev–Trinajstić information content (AvgIpc) is 1.66. The Balaban J connectivity index is 0.653. The molecule has 2 aromatic heterocycles. The van der Waals surface area contributed by atoms with Gasteiger partial charge in [0.25, 0.3) is 5.91 Å². The number of aromatic nitrogens is 4. The second kappa shape index (κ2) is 59.4. The number of carbonyl (C=O) groups is 13. The highest BCUT2D eigenvalue weighted by molar-refractivity contribution is 7.46. The number of anilines is 4. The fraction of sp³-hybridized carbons (Fsp3) is 0.640. The Kier molecular flexibility index (Phi) is 48.9. The van der Waals surface area contributed by atoms with Gasteiger partial charge in [-0.25, -0.2) is 14.5 Å². The number of nitrogens with zero attached hydrogens (tertiary/aromatic N) is 7. The topological polar surface area (TPSA) is 568 Å². The van der Waals surface area contributed by atoms with E-state index < -0.39 is 110 Å². The zero-order chi connectivity index (χ0) is 96.6. The summed E-state index contributed by atoms with van der Waals surface area (Å²) in [5, 5.41) is 32.4. The SMILES string of the molecule is CCC1C(=O)N(C)c2cnc(Nc3ccc(C(=O)NCCCCC(NC(=O)COCCOCCNC(=O)COCCOCCNC(=O)COCCOCCNC(=O)COCCOCCCC(=O)C(NC(=O)[C@H](CO)CC(=O)[C@H](Cc4cn(CCc5ccccc5)cn4)NC(=O)[C@@H](CC(=O)[C@@H]4CCCN4C(C)=O)CC(C)C)[C@H](C)OP(=O)(O)O)C(N)=O)cc3OC)nc2N1C1CCCC1. The van der Waals surface area contributed by atoms with Crippen molar-refractivity contribution in [2.24, 2.45) is 23.5 Å². The number of hydrogen-bond acceptors (Lipinski definition) is 30. The van der Waals surface area contributed by atoms with Gasteiger partial charge in [-0.3, -0.25) is 66.9 Å². The number of unbranched alkanes of at least 4 members (excludes halogenated alkanes) is 1. The van der Waals surface area contributed by atoms with Crippen LogP contribution in [0.1, 0.15) is 153 Å². The lowest BCUT2D eigenvalue weighted by molar-refractivity contribution is -0.138. The summed E-state index contributed by atoms with van der Waals surface area (Å²) in [6.07, 6.45) is 10.1. The number of nitrogens with one attached hydrogen (secondary N) is 8. The minimum atomic E-state index is -5.24. The first-order valence-corrected chi connectivity index (χ1v) is 46.9. The zero-order valence-corrected chi connectivity index (χ0v) is 78.1. The number of aliphatic hydroxyl groups excluding tert-OH is 1. The van der Waals surface area contributed by atoms with Crippen LogP contribution in [0.3, 0.4) is 0 Å². The second-order valence-electron chi connectivity index (χ2n) is 33.0. The van der Waals surface area contributed by atoms with Crippen LogP contribution in [0.5, 0.6) is 5.75 Å². The molecule has 4 heterocycles. The molecule has 43 nitrogen and oxygen atoms in total. The van der Waals surface area contributed by atoms with E-state index in [4.69, 9.17) is 57.9 Å². The number of amides is 10. The van der Waals surface area contributed by atoms with E-state index in [9.17, 15) is 81.8 Å². The molecule has 1 saturated carbocycles. The Morgan fingerprint density at radius 1 is 0.647 bits per heavy atom. The molecule has 10 amide bonds. The Morgan fingerprint density at radius 3 is 1.81 bits per heavy atom. The summed E-state index contributed by atoms with van der Waals surface area (Å²) in [7, 11) is -2.00. The number of ether oxygens (including phenoxy) is 9. The summed E-state index contributed by atoms with van der Waals surface area (Å²) in [6.45, 7) is 9.04. The standard InChI is InChI=1S/C89H135N16O27P/c1-8-71-88(119)102(6)73-51-95-89(101-84(73)105(71)67-20-12-13-21-67)99-68-26-25-63(49-77(68)123-7)85(116)94-28-15-14-22-69(83(90)115)97-81(114)57-131-45-41-127-37-31-93-80(113)56-130-44-40-126-36-30-92-79(112)55-129-43-39-125-35-29-91-78(111)54-128-42-38-124-34-17-24-74(108)82(60(4)132-133(120,121)122)100-87(118)65(53-106)48-75(109)70(50-66-52-103(58-96-66)33-27-62-18-10-9-11-19-62)98-86(117)64(46-59(2)3)47-76(110)72-23-16-32-104(72)61(5)107/h9-11,18-19,25-26,49,51-52,58-60,64-65,67,69-72,82,106H,8,12-17,20-24,27-48,50,53-57H2,1-7H3,(H2,90,115)(H,91,111)(H,92,112)(H,93,113)(H,94,116)(H,97,114)(H,98,117)(H,100,118)(H,95,99,101)(H2,120,121,122)/t60-,64+,65-,69?,70-,71?,72-,82?/m0/s1. The molecule has 4 aromatic rings. The first-order valence-electron chi connectivity index (χ1n) is 45.4. The molecule has 0 radical (unpaired) electrons. The maximum Gasteiger partial charge on any atom is 0.469 e. The minimum absolute atomic E-state index is 0.00564. The van der Waals surface area contributed by atoms with E-state index in [0.29, 0.717) is 91.8 Å². The van der Waals surface area contributed by atoms with Gasteiger partial charge in [0.15, 0.2) is 23.2 Å². The largest absolute Gasteiger partial charge is 0.495 e. The molecule has 2 aliphatic heterocycles. The molecule has 8 atom stereocenters. The number of aryl methyl sites for hydroxylation is 2. The van der Waals surface area contributed by atoms with Crippen LogP contribution < -0.4 is 62.8 Å². The third-order valence-corrected chi connectivity index (χ3v) is 22.8. The highest BCUT2D eigenvalue weighted by atomic mass is 31.2. The lowest BCUT2D eigenvalue weighted by Crippen LogP contribution is -2.55. The molecular weight excluding hydrogens is 1760 g/mol. The number of methoxy groups -OCH3 is 1. The molecule has 44 heteroatoms. The van der Waals surface area contributed by atoms with Crippen LogP contribution >= 0.6 is 7.82 Å². The van der Waals surface area contributed by atoms with Crippen molar-refractivity contribution in [3.8, 4) is 5.75 Å². The van der Waals surface area contributed by atoms with Crippen LogP contribution in [0.2, 0.25) is 0 Å². The Labute approximate surface area is 774 Å². The predicted molar refractivity (Wildman–Crippen MR) is 483 cm³/mol. The molecule has 2 fully saturated rings. The summed E-state index contributed by atoms with van der Waals surface area (Å²) in [4.78, 5) is 209. The van der Waals surface area contributed by atoms with Gasteiger partial charge in [-0.1, -0.05) is 63.9 Å². The fourth-order valence-electron chi connectivity index (χ4n) is 15.4. The second-order valence-corrected chi connectivity index (χ2v) is 34.2. The molecule has 13 N–H and O–H groups in total. The number of benzene rings is 2. The van der Waals surface area contributed by atoms with Gasteiger partial charge >= 0.3 is 7.82 Å². The van der Waals surface area contributed by atoms with E-state index in [0.717, 1.165) is 38.2 Å². The molecule has 0 bridgehead atoms. The van der Waals surface area contributed by atoms with Crippen LogP contribution in [0, 0.1) is 17.8 Å². The van der Waals surface area contributed by atoms with Gasteiger partial charge in [-0.05, 0) is 107 Å². The number of phosphoric ester groups is 1. The number of fused-ring (bicyclic) bond motifs is 1. The van der Waals surface area contributed by atoms with Crippen molar-refractivity contribution in [3.05, 3.63) is 84.1 Å². The van der Waals surface area contributed by atoms with Crippen LogP contribution in [-0.4, -0.2) is 317 Å². The number of phosphoric acid groups is 1. The molecule has 133 heavy (non-hydrogen) atoms. The summed E-state index contributed by atoms with van der Waals surface area (Å²) in [5.74, 6) is -7.55. The number of hydrogen-bond donors (Lipinski definition) is 12. The normalized spacial score (nSPS) is 15.8. The van der Waals surface area contributed by atoms with Gasteiger partial charge in [0.05, 0.1) is 134 Å². The van der Waals surface area contributed by atoms with Gasteiger partial charge < -0.3 is 125 Å². The summed E-state index contributed by atoms with van der Waals surface area (Å²) < 4.78 is 67.6. The van der Waals surface area contributed by atoms with E-state index in [2.05, 4.69) is 57.4 Å². The van der Waals surface area contributed by atoms with Gasteiger partial charge in [0.2, 0.25) is 59.1 Å². The number of Topliss-reactive ketones (excluding diaryl/α,β-unsaturated/α-hetero) is 3. The van der Waals surface area contributed by atoms with Crippen molar-refractivity contribution < 1.29 is 129 Å². The third kappa shape index (κ3) is 39.6. The average molecular weight is 1890 g/mol. The van der Waals surface area contributed by atoms with Crippen molar-refractivity contribution in [1.29, 1.82) is 0 Å². The number of ketones is 3. The Hall–Kier alpha value is -10.4. The highest BCUT2D eigenvalue weighted by Crippen LogP contribution is 2.42. The van der Waals surface area contributed by atoms with Gasteiger partial charge in [-0.2, -0.15) is 4.98 Å². The van der Waals surface area contributed by atoms with E-state index in [1.807, 2.05) is 55.7 Å². The van der Waals surface area contributed by atoms with Crippen molar-refractivity contribution in [3.63, 3.8) is 0 Å². The number of rotatable bonds is 68. The van der Waals surface area contributed by atoms with Crippen molar-refractivity contribution in [1.82, 2.24) is 61.6 Å². The molecule has 0 spiro atoms. The Morgan fingerprint density at radius 2 is 1.24 bits per heavy atom. The lowest BCUT2D eigenvalue weighted by atomic mass is 9.88. The van der Waals surface area contributed by atoms with Crippen LogP contribution in [0.25, 0.3) is 0 Å². The van der Waals surface area contributed by atoms with E-state index in [1.165, 1.54) is 18.9 Å². The predicted octanol–water partition coefficient (Wildman–Crippen LogP) is 1.78. The maximum atomic E-state index is 14.4. The molecule has 3 unspecified atom stereocenters. The van der Waals surface area contributed by atoms with E-state index in [1.54, 1.807) is 48.9 Å². The van der Waals surface area contributed by atoms with Crippen LogP contribution in [0.4, 0.5) is 23.1 Å². The Bertz CT molecular complexity index is 4430. The lowest BCUT2D eigenvalue weighted by Gasteiger charge is -2.43. The highest BCUT2D eigenvalue weighted by Gasteiger charge is 2.43. The number of aliphatic hydroxyl groups is 1. The summed E-state index contributed by atoms with van der Waals surface area (Å²) in [5.41, 5.74) is 8.59. The number of nitrogens with two attached hydrogens (primary N) is 1. The number of likely N-dealkylation sites (tertiary alicyclic amines) is 1. The quantitative estimate of drug-likeness (QED) is 0.0221. The van der Waals surface area contributed by atoms with Gasteiger partial charge in [0, 0.05) is 109 Å². The molecular formula is C89H135N16O27P. The molecule has 7 rings (SSSR count).